The Kier molecular flexibility index (Phi) is 4.48. The van der Waals surface area contributed by atoms with E-state index in [1.165, 1.54) is 40.5 Å². The minimum Gasteiger partial charge on any atom is -0.307 e. The number of thiazole rings is 1. The number of halogens is 2. The summed E-state index contributed by atoms with van der Waals surface area (Å²) in [5.74, 6) is -1.30. The summed E-state index contributed by atoms with van der Waals surface area (Å²) in [6.07, 6.45) is 0.829. The predicted molar refractivity (Wildman–Crippen MR) is 129 cm³/mol. The van der Waals surface area contributed by atoms with Gasteiger partial charge in [-0.05, 0) is 66.1 Å². The Morgan fingerprint density at radius 3 is 2.32 bits per heavy atom. The average Bonchev–Trinajstić information content (AvgIpc) is 3.54. The number of rotatable bonds is 2. The maximum atomic E-state index is 13.6. The van der Waals surface area contributed by atoms with Crippen LogP contribution in [0, 0.1) is 35.4 Å². The molecule has 1 aromatic heterocycles. The van der Waals surface area contributed by atoms with Gasteiger partial charge in [-0.15, -0.1) is 11.8 Å². The molecule has 0 unspecified atom stereocenters. The highest BCUT2D eigenvalue weighted by Gasteiger charge is 2.69. The summed E-state index contributed by atoms with van der Waals surface area (Å²) in [4.78, 5) is 44.6. The molecule has 3 aromatic rings. The van der Waals surface area contributed by atoms with Gasteiger partial charge in [-0.2, -0.15) is 0 Å². The normalized spacial score (nSPS) is 33.2. The number of aromatic amines is 1. The number of carbonyl (C=O) groups is 2. The van der Waals surface area contributed by atoms with E-state index in [0.29, 0.717) is 10.7 Å². The molecule has 172 valence electrons. The zero-order valence-electron chi connectivity index (χ0n) is 17.6. The first-order valence-electron chi connectivity index (χ1n) is 11.2. The first-order chi connectivity index (χ1) is 16.4. The molecule has 2 amide bonds. The van der Waals surface area contributed by atoms with Crippen LogP contribution in [-0.4, -0.2) is 22.0 Å². The van der Waals surface area contributed by atoms with Gasteiger partial charge in [-0.25, -0.2) is 4.39 Å². The van der Waals surface area contributed by atoms with Gasteiger partial charge in [-0.1, -0.05) is 35.1 Å². The highest BCUT2D eigenvalue weighted by atomic mass is 35.5. The summed E-state index contributed by atoms with van der Waals surface area (Å²) in [6, 6.07) is 13.3. The zero-order valence-corrected chi connectivity index (χ0v) is 20.0. The first-order valence-corrected chi connectivity index (χ1v) is 13.3. The van der Waals surface area contributed by atoms with Crippen molar-refractivity contribution in [3.8, 4) is 0 Å². The summed E-state index contributed by atoms with van der Waals surface area (Å²) in [5.41, 5.74) is 1.51. The van der Waals surface area contributed by atoms with E-state index in [4.69, 9.17) is 11.6 Å². The standard InChI is InChI=1S/C25H18ClFN2O3S2/c26-11-3-1-10(2-4-11)16-17-14-9-15(20(17)33-22-21(16)34-25(32)28-22)19-18(14)23(30)29(24(19)31)13-7-5-12(27)6-8-13/h1-8,14-20H,9H2,(H,28,32)/t14-,15+,16+,17+,18+,19+,20-/m0/s1. The number of nitrogens with zero attached hydrogens (tertiary/aromatic N) is 1. The van der Waals surface area contributed by atoms with Gasteiger partial charge in [0, 0.05) is 21.1 Å². The molecule has 7 atom stereocenters. The van der Waals surface area contributed by atoms with E-state index in [1.54, 1.807) is 11.8 Å². The van der Waals surface area contributed by atoms with Crippen LogP contribution in [0.5, 0.6) is 0 Å². The molecule has 9 heteroatoms. The Morgan fingerprint density at radius 1 is 0.941 bits per heavy atom. The number of anilines is 1. The molecule has 2 saturated carbocycles. The van der Waals surface area contributed by atoms with Gasteiger partial charge in [0.1, 0.15) is 5.82 Å². The Bertz CT molecular complexity index is 1400. The van der Waals surface area contributed by atoms with Crippen molar-refractivity contribution >= 4 is 52.2 Å². The summed E-state index contributed by atoms with van der Waals surface area (Å²) in [5, 5.41) is 1.66. The monoisotopic (exact) mass is 512 g/mol. The molecule has 2 bridgehead atoms. The lowest BCUT2D eigenvalue weighted by Gasteiger charge is -2.43. The third-order valence-electron chi connectivity index (χ3n) is 8.04. The van der Waals surface area contributed by atoms with E-state index < -0.39 is 5.82 Å². The van der Waals surface area contributed by atoms with Crippen molar-refractivity contribution in [3.05, 3.63) is 79.5 Å². The van der Waals surface area contributed by atoms with Crippen LogP contribution in [0.4, 0.5) is 10.1 Å². The number of hydrogen-bond acceptors (Lipinski definition) is 5. The Labute approximate surface area is 207 Å². The largest absolute Gasteiger partial charge is 0.307 e. The summed E-state index contributed by atoms with van der Waals surface area (Å²) in [6.45, 7) is 0. The van der Waals surface area contributed by atoms with Gasteiger partial charge in [0.15, 0.2) is 0 Å². The van der Waals surface area contributed by atoms with Crippen LogP contribution < -0.4 is 9.77 Å². The Balaban J connectivity index is 1.32. The Hall–Kier alpha value is -2.42. The van der Waals surface area contributed by atoms with Crippen molar-refractivity contribution in [2.24, 2.45) is 29.6 Å². The van der Waals surface area contributed by atoms with Crippen molar-refractivity contribution in [1.29, 1.82) is 0 Å². The molecular weight excluding hydrogens is 495 g/mol. The lowest BCUT2D eigenvalue weighted by atomic mass is 9.68. The van der Waals surface area contributed by atoms with Crippen LogP contribution in [0.15, 0.2) is 58.4 Å². The van der Waals surface area contributed by atoms with Crippen molar-refractivity contribution in [3.63, 3.8) is 0 Å². The van der Waals surface area contributed by atoms with Crippen LogP contribution >= 0.6 is 34.7 Å². The van der Waals surface area contributed by atoms with Crippen molar-refractivity contribution < 1.29 is 14.0 Å². The molecule has 0 spiro atoms. The number of amides is 2. The first kappa shape index (κ1) is 20.9. The lowest BCUT2D eigenvalue weighted by Crippen LogP contribution is -2.42. The fourth-order valence-corrected chi connectivity index (χ4v) is 9.92. The third-order valence-corrected chi connectivity index (χ3v) is 10.9. The minimum absolute atomic E-state index is 0.0267. The number of imide groups is 1. The summed E-state index contributed by atoms with van der Waals surface area (Å²) >= 11 is 9.05. The van der Waals surface area contributed by atoms with Crippen LogP contribution in [0.25, 0.3) is 0 Å². The van der Waals surface area contributed by atoms with E-state index in [0.717, 1.165) is 21.9 Å². The highest BCUT2D eigenvalue weighted by molar-refractivity contribution is 8.00. The van der Waals surface area contributed by atoms with E-state index in [1.807, 2.05) is 24.3 Å². The summed E-state index contributed by atoms with van der Waals surface area (Å²) in [7, 11) is 0. The van der Waals surface area contributed by atoms with Gasteiger partial charge in [0.2, 0.25) is 11.8 Å². The molecule has 7 rings (SSSR count). The van der Waals surface area contributed by atoms with Gasteiger partial charge in [0.25, 0.3) is 0 Å². The highest BCUT2D eigenvalue weighted by Crippen LogP contribution is 2.68. The number of carbonyl (C=O) groups excluding carboxylic acids is 2. The van der Waals surface area contributed by atoms with E-state index >= 15 is 0 Å². The third kappa shape index (κ3) is 2.76. The van der Waals surface area contributed by atoms with E-state index in [-0.39, 0.29) is 57.4 Å². The molecule has 3 heterocycles. The van der Waals surface area contributed by atoms with Gasteiger partial charge < -0.3 is 4.98 Å². The molecule has 1 N–H and O–H groups in total. The number of nitrogens with one attached hydrogen (secondary N) is 1. The number of aromatic nitrogens is 1. The van der Waals surface area contributed by atoms with Crippen LogP contribution in [-0.2, 0) is 9.59 Å². The second kappa shape index (κ2) is 7.29. The average molecular weight is 513 g/mol. The molecular formula is C25H18ClFN2O3S2. The topological polar surface area (TPSA) is 70.2 Å². The number of hydrogen-bond donors (Lipinski definition) is 1. The maximum absolute atomic E-state index is 13.6. The van der Waals surface area contributed by atoms with Crippen molar-refractivity contribution in [2.75, 3.05) is 4.90 Å². The quantitative estimate of drug-likeness (QED) is 0.495. The molecule has 3 fully saturated rings. The molecule has 34 heavy (non-hydrogen) atoms. The predicted octanol–water partition coefficient (Wildman–Crippen LogP) is 4.91. The number of fused-ring (bicyclic) bond motifs is 9. The van der Waals surface area contributed by atoms with Crippen LogP contribution in [0.1, 0.15) is 22.8 Å². The lowest BCUT2D eigenvalue weighted by molar-refractivity contribution is -0.123. The van der Waals surface area contributed by atoms with Gasteiger partial charge in [-0.3, -0.25) is 19.3 Å². The van der Waals surface area contributed by atoms with Crippen LogP contribution in [0.3, 0.4) is 0 Å². The van der Waals surface area contributed by atoms with Crippen molar-refractivity contribution in [1.82, 2.24) is 4.98 Å². The van der Waals surface area contributed by atoms with Gasteiger partial charge in [0.05, 0.1) is 22.5 Å². The summed E-state index contributed by atoms with van der Waals surface area (Å²) < 4.78 is 13.5. The molecule has 2 aliphatic heterocycles. The van der Waals surface area contributed by atoms with Crippen LogP contribution in [0.2, 0.25) is 5.02 Å². The number of thioether (sulfide) groups is 1. The fraction of sp³-hybridized carbons (Fsp3) is 0.320. The van der Waals surface area contributed by atoms with Crippen molar-refractivity contribution in [2.45, 2.75) is 22.6 Å². The van der Waals surface area contributed by atoms with E-state index in [9.17, 15) is 18.8 Å². The van der Waals surface area contributed by atoms with Gasteiger partial charge >= 0.3 is 4.87 Å². The molecule has 2 aromatic carbocycles. The zero-order chi connectivity index (χ0) is 23.3. The minimum atomic E-state index is -0.406. The molecule has 1 saturated heterocycles. The number of benzene rings is 2. The second-order valence-electron chi connectivity index (χ2n) is 9.50. The second-order valence-corrected chi connectivity index (χ2v) is 12.1. The molecule has 5 nitrogen and oxygen atoms in total. The molecule has 0 radical (unpaired) electrons. The number of H-pyrrole nitrogens is 1. The molecule has 4 aliphatic rings. The Morgan fingerprint density at radius 2 is 1.62 bits per heavy atom. The smallest absolute Gasteiger partial charge is 0.305 e. The van der Waals surface area contributed by atoms with E-state index in [2.05, 4.69) is 4.98 Å². The SMILES string of the molecule is O=C1[C@@H]2[C@H]3C[C@@H]([C@@H]4Sc5[nH]c(=O)sc5[C@H](c5ccc(Cl)cc5)[C@@H]34)[C@H]2C(=O)N1c1ccc(F)cc1. The fourth-order valence-electron chi connectivity index (χ4n) is 6.90. The molecule has 2 aliphatic carbocycles. The maximum Gasteiger partial charge on any atom is 0.305 e.